The third kappa shape index (κ3) is 4.04. The van der Waals surface area contributed by atoms with Crippen LogP contribution in [0.5, 0.6) is 0 Å². The lowest BCUT2D eigenvalue weighted by molar-refractivity contribution is -0.138. The number of hydrogen-bond donors (Lipinski definition) is 2. The Morgan fingerprint density at radius 1 is 1.61 bits per heavy atom. The number of carbonyl (C=O) groups excluding carboxylic acids is 1. The van der Waals surface area contributed by atoms with E-state index in [-0.39, 0.29) is 17.9 Å². The van der Waals surface area contributed by atoms with Crippen LogP contribution in [-0.2, 0) is 9.53 Å². The van der Waals surface area contributed by atoms with Crippen LogP contribution >= 0.6 is 0 Å². The molecule has 18 heavy (non-hydrogen) atoms. The van der Waals surface area contributed by atoms with Crippen molar-refractivity contribution in [2.75, 3.05) is 6.61 Å². The van der Waals surface area contributed by atoms with E-state index in [1.165, 1.54) is 6.21 Å². The van der Waals surface area contributed by atoms with Crippen molar-refractivity contribution < 1.29 is 14.6 Å². The highest BCUT2D eigenvalue weighted by Gasteiger charge is 2.14. The van der Waals surface area contributed by atoms with E-state index < -0.39 is 5.97 Å². The van der Waals surface area contributed by atoms with Crippen molar-refractivity contribution in [2.24, 2.45) is 4.99 Å². The number of rotatable bonds is 6. The van der Waals surface area contributed by atoms with Crippen LogP contribution in [-0.4, -0.2) is 34.1 Å². The van der Waals surface area contributed by atoms with Crippen molar-refractivity contribution in [1.29, 1.82) is 0 Å². The zero-order valence-corrected chi connectivity index (χ0v) is 10.5. The maximum atomic E-state index is 11.7. The van der Waals surface area contributed by atoms with Gasteiger partial charge >= 0.3 is 5.97 Å². The Morgan fingerprint density at radius 2 is 2.39 bits per heavy atom. The van der Waals surface area contributed by atoms with E-state index in [1.807, 2.05) is 6.92 Å². The molecule has 1 aromatic heterocycles. The summed E-state index contributed by atoms with van der Waals surface area (Å²) in [6.45, 7) is 3.86. The Bertz CT molecular complexity index is 435. The van der Waals surface area contributed by atoms with Crippen LogP contribution in [0.3, 0.4) is 0 Å². The number of aliphatic hydroxyl groups excluding tert-OH is 1. The number of nitrogens with zero attached hydrogens (tertiary/aromatic N) is 2. The van der Waals surface area contributed by atoms with Crippen LogP contribution in [0.1, 0.15) is 26.7 Å². The fraction of sp³-hybridized carbons (Fsp3) is 0.417. The summed E-state index contributed by atoms with van der Waals surface area (Å²) in [7, 11) is 0. The van der Waals surface area contributed by atoms with Crippen molar-refractivity contribution in [3.8, 4) is 0 Å². The molecule has 0 atom stereocenters. The lowest BCUT2D eigenvalue weighted by Crippen LogP contribution is -2.11. The molecule has 0 saturated heterocycles. The van der Waals surface area contributed by atoms with Gasteiger partial charge in [0.25, 0.3) is 0 Å². The Morgan fingerprint density at radius 3 is 2.94 bits per heavy atom. The molecule has 0 aliphatic rings. The van der Waals surface area contributed by atoms with Gasteiger partial charge in [0, 0.05) is 18.7 Å². The van der Waals surface area contributed by atoms with Crippen LogP contribution in [0.15, 0.2) is 28.6 Å². The number of aliphatic imine (C=N–C) groups is 1. The Hall–Kier alpha value is -2.11. The van der Waals surface area contributed by atoms with E-state index in [0.29, 0.717) is 12.2 Å². The summed E-state index contributed by atoms with van der Waals surface area (Å²) in [5.74, 6) is -0.0907. The Balaban J connectivity index is 2.91. The van der Waals surface area contributed by atoms with Crippen molar-refractivity contribution in [2.45, 2.75) is 26.7 Å². The van der Waals surface area contributed by atoms with Gasteiger partial charge in [0.2, 0.25) is 0 Å². The second-order valence-electron chi connectivity index (χ2n) is 3.53. The largest absolute Gasteiger partial charge is 0.511 e. The third-order valence-corrected chi connectivity index (χ3v) is 2.11. The van der Waals surface area contributed by atoms with Gasteiger partial charge in [-0.1, -0.05) is 6.92 Å². The topological polar surface area (TPSA) is 87.6 Å². The summed E-state index contributed by atoms with van der Waals surface area (Å²) in [4.78, 5) is 15.7. The van der Waals surface area contributed by atoms with Crippen LogP contribution in [0.4, 0.5) is 5.82 Å². The minimum atomic E-state index is -0.577. The van der Waals surface area contributed by atoms with Crippen LogP contribution < -0.4 is 0 Å². The zero-order chi connectivity index (χ0) is 13.4. The molecule has 0 amide bonds. The summed E-state index contributed by atoms with van der Waals surface area (Å²) in [5, 5.41) is 16.2. The van der Waals surface area contributed by atoms with E-state index in [0.717, 1.165) is 6.42 Å². The van der Waals surface area contributed by atoms with Crippen molar-refractivity contribution in [1.82, 2.24) is 10.2 Å². The summed E-state index contributed by atoms with van der Waals surface area (Å²) < 4.78 is 4.87. The van der Waals surface area contributed by atoms with Gasteiger partial charge < -0.3 is 9.84 Å². The number of aromatic nitrogens is 2. The zero-order valence-electron chi connectivity index (χ0n) is 10.5. The number of aromatic amines is 1. The molecule has 0 aliphatic carbocycles. The molecule has 98 valence electrons. The SMILES string of the molecule is CCC/C(O)=C(/C=N/c1ccn[nH]1)C(=O)OCC. The normalized spacial score (nSPS) is 12.6. The fourth-order valence-corrected chi connectivity index (χ4v) is 1.28. The summed E-state index contributed by atoms with van der Waals surface area (Å²) in [5.41, 5.74) is 0.0771. The monoisotopic (exact) mass is 251 g/mol. The fourth-order valence-electron chi connectivity index (χ4n) is 1.28. The van der Waals surface area contributed by atoms with E-state index in [2.05, 4.69) is 15.2 Å². The first kappa shape index (κ1) is 14.0. The van der Waals surface area contributed by atoms with Crippen LogP contribution in [0.2, 0.25) is 0 Å². The highest BCUT2D eigenvalue weighted by molar-refractivity contribution is 6.10. The number of allylic oxidation sites excluding steroid dienone is 1. The number of carbonyl (C=O) groups is 1. The predicted molar refractivity (Wildman–Crippen MR) is 67.9 cm³/mol. The van der Waals surface area contributed by atoms with Gasteiger partial charge in [-0.2, -0.15) is 5.10 Å². The third-order valence-electron chi connectivity index (χ3n) is 2.11. The first-order chi connectivity index (χ1) is 8.69. The molecular formula is C12H17N3O3. The number of ether oxygens (including phenoxy) is 1. The Labute approximate surface area is 105 Å². The molecule has 1 rings (SSSR count). The van der Waals surface area contributed by atoms with E-state index in [4.69, 9.17) is 4.74 Å². The van der Waals surface area contributed by atoms with Gasteiger partial charge in [0.15, 0.2) is 0 Å². The summed E-state index contributed by atoms with van der Waals surface area (Å²) in [6.07, 6.45) is 3.97. The maximum Gasteiger partial charge on any atom is 0.343 e. The number of esters is 1. The molecule has 0 spiro atoms. The molecule has 6 heteroatoms. The highest BCUT2D eigenvalue weighted by Crippen LogP contribution is 2.11. The molecule has 1 aromatic rings. The standard InChI is InChI=1S/C12H17N3O3/c1-3-5-10(16)9(12(17)18-4-2)8-13-11-6-7-14-15-11/h6-8,16H,3-5H2,1-2H3,(H,14,15)/b10-9+,13-8+. The molecule has 2 N–H and O–H groups in total. The molecular weight excluding hydrogens is 234 g/mol. The number of hydrogen-bond acceptors (Lipinski definition) is 5. The molecule has 0 radical (unpaired) electrons. The minimum Gasteiger partial charge on any atom is -0.511 e. The summed E-state index contributed by atoms with van der Waals surface area (Å²) in [6, 6.07) is 1.65. The van der Waals surface area contributed by atoms with Gasteiger partial charge in [-0.15, -0.1) is 0 Å². The average Bonchev–Trinajstić information content (AvgIpc) is 2.83. The number of aliphatic hydroxyl groups is 1. The van der Waals surface area contributed by atoms with Gasteiger partial charge in [0.05, 0.1) is 12.8 Å². The molecule has 0 aliphatic heterocycles. The first-order valence-corrected chi connectivity index (χ1v) is 5.81. The van der Waals surface area contributed by atoms with Gasteiger partial charge in [-0.25, -0.2) is 9.79 Å². The smallest absolute Gasteiger partial charge is 0.343 e. The quantitative estimate of drug-likeness (QED) is 0.351. The summed E-state index contributed by atoms with van der Waals surface area (Å²) >= 11 is 0. The molecule has 0 unspecified atom stereocenters. The van der Waals surface area contributed by atoms with E-state index in [1.54, 1.807) is 19.2 Å². The molecule has 0 aromatic carbocycles. The Kier molecular flexibility index (Phi) is 5.63. The maximum absolute atomic E-state index is 11.7. The lowest BCUT2D eigenvalue weighted by Gasteiger charge is -2.05. The van der Waals surface area contributed by atoms with Crippen molar-refractivity contribution in [3.05, 3.63) is 23.6 Å². The lowest BCUT2D eigenvalue weighted by atomic mass is 10.2. The average molecular weight is 251 g/mol. The van der Waals surface area contributed by atoms with Crippen LogP contribution in [0, 0.1) is 0 Å². The van der Waals surface area contributed by atoms with Gasteiger partial charge in [-0.05, 0) is 13.3 Å². The number of nitrogens with one attached hydrogen (secondary N) is 1. The molecule has 6 nitrogen and oxygen atoms in total. The van der Waals surface area contributed by atoms with Crippen molar-refractivity contribution >= 4 is 18.0 Å². The minimum absolute atomic E-state index is 0.0146. The molecule has 0 fully saturated rings. The molecule has 0 saturated carbocycles. The van der Waals surface area contributed by atoms with Gasteiger partial charge in [-0.3, -0.25) is 5.10 Å². The van der Waals surface area contributed by atoms with E-state index >= 15 is 0 Å². The van der Waals surface area contributed by atoms with Crippen LogP contribution in [0.25, 0.3) is 0 Å². The number of H-pyrrole nitrogens is 1. The highest BCUT2D eigenvalue weighted by atomic mass is 16.5. The predicted octanol–water partition coefficient (Wildman–Crippen LogP) is 2.29. The van der Waals surface area contributed by atoms with Crippen molar-refractivity contribution in [3.63, 3.8) is 0 Å². The second-order valence-corrected chi connectivity index (χ2v) is 3.53. The van der Waals surface area contributed by atoms with E-state index in [9.17, 15) is 9.90 Å². The second kappa shape index (κ2) is 7.26. The first-order valence-electron chi connectivity index (χ1n) is 5.81. The molecule has 0 bridgehead atoms. The van der Waals surface area contributed by atoms with Gasteiger partial charge in [0.1, 0.15) is 17.2 Å². The molecule has 1 heterocycles.